The number of likely N-dealkylation sites (tertiary alicyclic amines) is 1. The molecule has 5 heteroatoms. The number of benzene rings is 1. The Morgan fingerprint density at radius 2 is 2.14 bits per heavy atom. The second-order valence-corrected chi connectivity index (χ2v) is 6.31. The lowest BCUT2D eigenvalue weighted by atomic mass is 10.0. The molecule has 0 bridgehead atoms. The quantitative estimate of drug-likeness (QED) is 0.929. The van der Waals surface area contributed by atoms with Crippen molar-refractivity contribution in [2.24, 2.45) is 0 Å². The molecule has 116 valence electrons. The third-order valence-corrected chi connectivity index (χ3v) is 4.55. The second-order valence-electron chi connectivity index (χ2n) is 5.90. The molecule has 1 saturated heterocycles. The van der Waals surface area contributed by atoms with Gasteiger partial charge >= 0.3 is 0 Å². The molecule has 1 aliphatic rings. The molecule has 2 unspecified atom stereocenters. The van der Waals surface area contributed by atoms with Gasteiger partial charge in [0.2, 0.25) is 5.91 Å². The number of hydrogen-bond acceptors (Lipinski definition) is 3. The molecule has 1 heterocycles. The molecule has 0 spiro atoms. The number of rotatable bonds is 4. The van der Waals surface area contributed by atoms with Crippen LogP contribution in [0.4, 0.5) is 5.69 Å². The van der Waals surface area contributed by atoms with Gasteiger partial charge in [0.15, 0.2) is 0 Å². The molecule has 1 amide bonds. The van der Waals surface area contributed by atoms with Crippen molar-refractivity contribution < 1.29 is 4.79 Å². The summed E-state index contributed by atoms with van der Waals surface area (Å²) in [5, 5.41) is 3.50. The third kappa shape index (κ3) is 4.19. The third-order valence-electron chi connectivity index (χ3n) is 4.22. The average Bonchev–Trinajstić information content (AvgIpc) is 2.49. The average molecular weight is 310 g/mol. The summed E-state index contributed by atoms with van der Waals surface area (Å²) in [6.45, 7) is 3.87. The van der Waals surface area contributed by atoms with Gasteiger partial charge in [-0.3, -0.25) is 9.69 Å². The van der Waals surface area contributed by atoms with Crippen LogP contribution in [0.5, 0.6) is 0 Å². The van der Waals surface area contributed by atoms with Crippen LogP contribution < -0.4 is 5.32 Å². The standard InChI is InChI=1S/C16H24ClN3O/c1-12(20-10-6-7-13(11-20)19(2)3)16(21)18-15-9-5-4-8-14(15)17/h4-5,8-9,12-13H,6-7,10-11H2,1-3H3,(H,18,21). The maximum atomic E-state index is 12.4. The van der Waals surface area contributed by atoms with E-state index in [2.05, 4.69) is 29.2 Å². The maximum Gasteiger partial charge on any atom is 0.241 e. The highest BCUT2D eigenvalue weighted by atomic mass is 35.5. The fraction of sp³-hybridized carbons (Fsp3) is 0.562. The molecular formula is C16H24ClN3O. The number of carbonyl (C=O) groups excluding carboxylic acids is 1. The Hall–Kier alpha value is -1.10. The van der Waals surface area contributed by atoms with Gasteiger partial charge in [-0.1, -0.05) is 23.7 Å². The van der Waals surface area contributed by atoms with Gasteiger partial charge in [-0.15, -0.1) is 0 Å². The first kappa shape index (κ1) is 16.3. The monoisotopic (exact) mass is 309 g/mol. The lowest BCUT2D eigenvalue weighted by Gasteiger charge is -2.38. The summed E-state index contributed by atoms with van der Waals surface area (Å²) in [6, 6.07) is 7.71. The van der Waals surface area contributed by atoms with Crippen LogP contribution in [-0.2, 0) is 4.79 Å². The predicted octanol–water partition coefficient (Wildman–Crippen LogP) is 2.69. The van der Waals surface area contributed by atoms with Gasteiger partial charge in [0, 0.05) is 12.6 Å². The topological polar surface area (TPSA) is 35.6 Å². The van der Waals surface area contributed by atoms with Gasteiger partial charge in [-0.25, -0.2) is 0 Å². The number of carbonyl (C=O) groups is 1. The van der Waals surface area contributed by atoms with Crippen LogP contribution in [0.3, 0.4) is 0 Å². The van der Waals surface area contributed by atoms with Crippen molar-refractivity contribution in [2.75, 3.05) is 32.5 Å². The zero-order chi connectivity index (χ0) is 15.4. The molecule has 0 radical (unpaired) electrons. The van der Waals surface area contributed by atoms with Crippen molar-refractivity contribution in [2.45, 2.75) is 31.8 Å². The van der Waals surface area contributed by atoms with Crippen LogP contribution >= 0.6 is 11.6 Å². The van der Waals surface area contributed by atoms with Gasteiger partial charge < -0.3 is 10.2 Å². The number of halogens is 1. The second kappa shape index (κ2) is 7.25. The smallest absolute Gasteiger partial charge is 0.241 e. The Morgan fingerprint density at radius 1 is 1.43 bits per heavy atom. The summed E-state index contributed by atoms with van der Waals surface area (Å²) in [7, 11) is 4.20. The lowest BCUT2D eigenvalue weighted by Crippen LogP contribution is -2.51. The van der Waals surface area contributed by atoms with Gasteiger partial charge in [0.1, 0.15) is 0 Å². The minimum Gasteiger partial charge on any atom is -0.323 e. The molecule has 21 heavy (non-hydrogen) atoms. The van der Waals surface area contributed by atoms with Gasteiger partial charge in [0.05, 0.1) is 16.8 Å². The normalized spacial score (nSPS) is 21.3. The Balaban J connectivity index is 1.97. The number of nitrogens with one attached hydrogen (secondary N) is 1. The van der Waals surface area contributed by atoms with Crippen molar-refractivity contribution >= 4 is 23.2 Å². The van der Waals surface area contributed by atoms with Gasteiger partial charge in [-0.2, -0.15) is 0 Å². The number of amides is 1. The number of anilines is 1. The number of para-hydroxylation sites is 1. The Labute approximate surface area is 132 Å². The van der Waals surface area contributed by atoms with Crippen LogP contribution in [0.1, 0.15) is 19.8 Å². The molecule has 1 aliphatic heterocycles. The van der Waals surface area contributed by atoms with Gasteiger partial charge in [0.25, 0.3) is 0 Å². The summed E-state index contributed by atoms with van der Waals surface area (Å²) in [4.78, 5) is 16.9. The van der Waals surface area contributed by atoms with E-state index in [1.54, 1.807) is 6.07 Å². The molecule has 1 aromatic carbocycles. The van der Waals surface area contributed by atoms with Crippen molar-refractivity contribution in [1.29, 1.82) is 0 Å². The molecule has 1 N–H and O–H groups in total. The van der Waals surface area contributed by atoms with Gasteiger partial charge in [-0.05, 0) is 52.5 Å². The first-order valence-corrected chi connectivity index (χ1v) is 7.82. The number of likely N-dealkylation sites (N-methyl/N-ethyl adjacent to an activating group) is 1. The number of nitrogens with zero attached hydrogens (tertiary/aromatic N) is 2. The highest BCUT2D eigenvalue weighted by Gasteiger charge is 2.28. The Kier molecular flexibility index (Phi) is 5.62. The van der Waals surface area contributed by atoms with E-state index in [-0.39, 0.29) is 11.9 Å². The Bertz CT molecular complexity index is 492. The molecule has 2 atom stereocenters. The lowest BCUT2D eigenvalue weighted by molar-refractivity contribution is -0.121. The molecule has 1 aromatic rings. The summed E-state index contributed by atoms with van der Waals surface area (Å²) in [6.07, 6.45) is 2.33. The van der Waals surface area contributed by atoms with Crippen molar-refractivity contribution in [1.82, 2.24) is 9.80 Å². The molecule has 0 aromatic heterocycles. The molecule has 0 saturated carbocycles. The van der Waals surface area contributed by atoms with E-state index < -0.39 is 0 Å². The number of hydrogen-bond donors (Lipinski definition) is 1. The fourth-order valence-corrected chi connectivity index (χ4v) is 2.91. The fourth-order valence-electron chi connectivity index (χ4n) is 2.72. The van der Waals surface area contributed by atoms with Crippen molar-refractivity contribution in [3.8, 4) is 0 Å². The first-order valence-electron chi connectivity index (χ1n) is 7.45. The van der Waals surface area contributed by atoms with Crippen LogP contribution in [0.25, 0.3) is 0 Å². The first-order chi connectivity index (χ1) is 9.99. The molecule has 2 rings (SSSR count). The molecule has 1 fully saturated rings. The van der Waals surface area contributed by atoms with E-state index in [0.717, 1.165) is 19.5 Å². The van der Waals surface area contributed by atoms with Crippen molar-refractivity contribution in [3.63, 3.8) is 0 Å². The highest BCUT2D eigenvalue weighted by Crippen LogP contribution is 2.22. The zero-order valence-corrected chi connectivity index (χ0v) is 13.7. The predicted molar refractivity (Wildman–Crippen MR) is 87.8 cm³/mol. The van der Waals surface area contributed by atoms with Crippen LogP contribution in [0, 0.1) is 0 Å². The summed E-state index contributed by atoms with van der Waals surface area (Å²) < 4.78 is 0. The van der Waals surface area contributed by atoms with Crippen LogP contribution in [-0.4, -0.2) is 55.0 Å². The van der Waals surface area contributed by atoms with Crippen molar-refractivity contribution in [3.05, 3.63) is 29.3 Å². The van der Waals surface area contributed by atoms with E-state index in [4.69, 9.17) is 11.6 Å². The van der Waals surface area contributed by atoms with Crippen LogP contribution in [0.2, 0.25) is 5.02 Å². The van der Waals surface area contributed by atoms with E-state index in [1.165, 1.54) is 6.42 Å². The minimum atomic E-state index is -0.149. The van der Waals surface area contributed by atoms with E-state index >= 15 is 0 Å². The molecule has 0 aliphatic carbocycles. The summed E-state index contributed by atoms with van der Waals surface area (Å²) in [5.74, 6) is 0.00232. The SMILES string of the molecule is CC(C(=O)Nc1ccccc1Cl)N1CCCC(N(C)C)C1. The molecular weight excluding hydrogens is 286 g/mol. The van der Waals surface area contributed by atoms with E-state index in [9.17, 15) is 4.79 Å². The Morgan fingerprint density at radius 3 is 2.81 bits per heavy atom. The largest absolute Gasteiger partial charge is 0.323 e. The van der Waals surface area contributed by atoms with Crippen LogP contribution in [0.15, 0.2) is 24.3 Å². The zero-order valence-electron chi connectivity index (χ0n) is 13.0. The number of piperidine rings is 1. The maximum absolute atomic E-state index is 12.4. The summed E-state index contributed by atoms with van der Waals surface area (Å²) >= 11 is 6.09. The van der Waals surface area contributed by atoms with E-state index in [0.29, 0.717) is 16.8 Å². The summed E-state index contributed by atoms with van der Waals surface area (Å²) in [5.41, 5.74) is 0.678. The highest BCUT2D eigenvalue weighted by molar-refractivity contribution is 6.33. The minimum absolute atomic E-state index is 0.00232. The van der Waals surface area contributed by atoms with E-state index in [1.807, 2.05) is 25.1 Å². The molecule has 4 nitrogen and oxygen atoms in total.